The van der Waals surface area contributed by atoms with Crippen LogP contribution in [-0.4, -0.2) is 99.4 Å². The Hall–Kier alpha value is -6.01. The number of rotatable bonds is 20. The first-order chi connectivity index (χ1) is 34.3. The molecule has 0 spiro atoms. The van der Waals surface area contributed by atoms with Crippen LogP contribution in [0.25, 0.3) is 10.4 Å². The van der Waals surface area contributed by atoms with Crippen molar-refractivity contribution in [2.45, 2.75) is 161 Å². The summed E-state index contributed by atoms with van der Waals surface area (Å²) < 4.78 is 6.29. The molecule has 1 saturated heterocycles. The topological polar surface area (TPSA) is 239 Å². The number of aliphatic hydroxyl groups excluding tert-OH is 1. The van der Waals surface area contributed by atoms with Crippen LogP contribution in [0.2, 0.25) is 0 Å². The van der Waals surface area contributed by atoms with Gasteiger partial charge in [-0.2, -0.15) is 0 Å². The van der Waals surface area contributed by atoms with E-state index < -0.39 is 59.2 Å². The number of ether oxygens (including phenoxy) is 1. The summed E-state index contributed by atoms with van der Waals surface area (Å²) >= 11 is 1.57. The molecule has 8 N–H and O–H groups in total. The number of thiazole rings is 1. The second-order valence-electron chi connectivity index (χ2n) is 21.4. The van der Waals surface area contributed by atoms with Crippen molar-refractivity contribution < 1.29 is 38.6 Å². The number of para-hydroxylation sites is 1. The molecule has 4 aromatic rings. The minimum atomic E-state index is -0.906. The lowest BCUT2D eigenvalue weighted by molar-refractivity contribution is -0.144. The third-order valence-electron chi connectivity index (χ3n) is 15.0. The van der Waals surface area contributed by atoms with Crippen molar-refractivity contribution >= 4 is 52.5 Å². The molecule has 16 nitrogen and oxygen atoms in total. The van der Waals surface area contributed by atoms with E-state index in [1.807, 2.05) is 107 Å². The molecular weight excluding hydrogens is 933 g/mol. The van der Waals surface area contributed by atoms with Gasteiger partial charge in [-0.1, -0.05) is 87.5 Å². The molecule has 0 unspecified atom stereocenters. The van der Waals surface area contributed by atoms with Crippen LogP contribution in [0.3, 0.4) is 0 Å². The molecular formula is C55H70N8O8S. The SMILES string of the molecule is Cc1ncsc1-c1ccc(CNC(=O)[C@@H]2C[C@@H](O)CN2C(=O)[C@@H](NC(=O)C2(CCCc3ccc(CO[C@H](C)[C@H](CCC(N)=O)NC(=O)[C@@H]4Cc5cccc6c5N4C(=O)[C@@H](N)CC6)cc3)CC2)C(C)(C)C)cc1. The highest BCUT2D eigenvalue weighted by Crippen LogP contribution is 2.50. The first kappa shape index (κ1) is 52.3. The Morgan fingerprint density at radius 2 is 1.64 bits per heavy atom. The smallest absolute Gasteiger partial charge is 0.246 e. The summed E-state index contributed by atoms with van der Waals surface area (Å²) in [4.78, 5) is 89.7. The molecule has 6 amide bonds. The normalized spacial score (nSPS) is 21.3. The maximum Gasteiger partial charge on any atom is 0.246 e. The van der Waals surface area contributed by atoms with E-state index in [9.17, 15) is 33.9 Å². The van der Waals surface area contributed by atoms with Gasteiger partial charge in [0.05, 0.1) is 52.7 Å². The Morgan fingerprint density at radius 3 is 2.31 bits per heavy atom. The van der Waals surface area contributed by atoms with E-state index >= 15 is 0 Å². The van der Waals surface area contributed by atoms with Crippen molar-refractivity contribution in [2.24, 2.45) is 22.3 Å². The van der Waals surface area contributed by atoms with Gasteiger partial charge in [-0.15, -0.1) is 11.3 Å². The Kier molecular flexibility index (Phi) is 16.0. The Balaban J connectivity index is 0.814. The number of amides is 6. The molecule has 1 aliphatic carbocycles. The van der Waals surface area contributed by atoms with Gasteiger partial charge in [-0.05, 0) is 104 Å². The predicted octanol–water partition coefficient (Wildman–Crippen LogP) is 4.92. The monoisotopic (exact) mass is 1000 g/mol. The molecule has 3 aromatic carbocycles. The summed E-state index contributed by atoms with van der Waals surface area (Å²) in [5.41, 5.74) is 20.0. The van der Waals surface area contributed by atoms with Gasteiger partial charge in [0.1, 0.15) is 18.1 Å². The van der Waals surface area contributed by atoms with Crippen LogP contribution in [0.1, 0.15) is 113 Å². The number of aromatic nitrogens is 1. The van der Waals surface area contributed by atoms with Crippen molar-refractivity contribution in [3.05, 3.63) is 106 Å². The van der Waals surface area contributed by atoms with E-state index in [0.29, 0.717) is 25.7 Å². The van der Waals surface area contributed by atoms with Crippen LogP contribution < -0.4 is 32.3 Å². The molecule has 384 valence electrons. The third kappa shape index (κ3) is 11.9. The lowest BCUT2D eigenvalue weighted by Crippen LogP contribution is -2.58. The number of aliphatic hydroxyl groups is 1. The van der Waals surface area contributed by atoms with E-state index in [1.54, 1.807) is 16.2 Å². The lowest BCUT2D eigenvalue weighted by atomic mass is 9.84. The van der Waals surface area contributed by atoms with Gasteiger partial charge in [0.25, 0.3) is 0 Å². The summed E-state index contributed by atoms with van der Waals surface area (Å²) in [6.45, 7) is 10.0. The minimum absolute atomic E-state index is 0.00326. The molecule has 8 rings (SSSR count). The summed E-state index contributed by atoms with van der Waals surface area (Å²) in [5.74, 6) is -2.00. The Bertz CT molecular complexity index is 2640. The molecule has 1 aromatic heterocycles. The van der Waals surface area contributed by atoms with Crippen molar-refractivity contribution in [2.75, 3.05) is 11.4 Å². The van der Waals surface area contributed by atoms with Gasteiger partial charge in [0.2, 0.25) is 35.4 Å². The van der Waals surface area contributed by atoms with E-state index in [4.69, 9.17) is 16.2 Å². The summed E-state index contributed by atoms with van der Waals surface area (Å²) in [6.07, 6.45) is 4.17. The highest BCUT2D eigenvalue weighted by molar-refractivity contribution is 7.13. The first-order valence-corrected chi connectivity index (χ1v) is 26.2. The van der Waals surface area contributed by atoms with E-state index in [1.165, 1.54) is 4.90 Å². The van der Waals surface area contributed by atoms with Crippen molar-refractivity contribution in [3.63, 3.8) is 0 Å². The van der Waals surface area contributed by atoms with Crippen LogP contribution in [-0.2, 0) is 65.9 Å². The second-order valence-corrected chi connectivity index (χ2v) is 22.3. The second kappa shape index (κ2) is 22.0. The zero-order valence-electron chi connectivity index (χ0n) is 42.1. The highest BCUT2D eigenvalue weighted by atomic mass is 32.1. The molecule has 2 fully saturated rings. The molecule has 3 aliphatic heterocycles. The molecule has 4 aliphatic rings. The first-order valence-electron chi connectivity index (χ1n) is 25.4. The fourth-order valence-electron chi connectivity index (χ4n) is 10.4. The lowest BCUT2D eigenvalue weighted by Gasteiger charge is -2.36. The zero-order valence-corrected chi connectivity index (χ0v) is 42.9. The number of benzene rings is 3. The van der Waals surface area contributed by atoms with Gasteiger partial charge in [0.15, 0.2) is 0 Å². The average molecular weight is 1000 g/mol. The van der Waals surface area contributed by atoms with Gasteiger partial charge in [-0.25, -0.2) is 4.98 Å². The highest BCUT2D eigenvalue weighted by Gasteiger charge is 2.52. The molecule has 0 bridgehead atoms. The summed E-state index contributed by atoms with van der Waals surface area (Å²) in [5, 5.41) is 19.9. The van der Waals surface area contributed by atoms with Crippen LogP contribution in [0, 0.1) is 17.8 Å². The molecule has 0 radical (unpaired) electrons. The fourth-order valence-corrected chi connectivity index (χ4v) is 11.3. The minimum Gasteiger partial charge on any atom is -0.391 e. The van der Waals surface area contributed by atoms with Gasteiger partial charge >= 0.3 is 0 Å². The van der Waals surface area contributed by atoms with E-state index in [0.717, 1.165) is 75.3 Å². The number of β-amino-alcohol motifs (C(OH)–C–C–N with tert-alkyl or cyclic N) is 1. The van der Waals surface area contributed by atoms with Gasteiger partial charge in [-0.3, -0.25) is 33.7 Å². The standard InChI is InChI=1S/C55H70N8O8S/c1-32-47(72-31-59-32)38-17-15-35(16-18-38)28-58-49(66)43-27-40(64)29-62(43)52(69)48(54(3,4)5)61-53(70)55(24-25-55)23-7-8-34-11-13-36(14-12-34)30-71-33(2)42(21-22-45(57)65)60-50(67)44-26-39-10-6-9-37-19-20-41(56)51(68)63(44)46(37)39/h6,9-18,31,33,40-44,48,64H,7-8,19-30,56H2,1-5H3,(H2,57,65)(H,58,66)(H,60,67)(H,61,70)/t33-,40-,41+,42+,43+,44+,48-/m1/s1. The number of hydrogen-bond donors (Lipinski definition) is 6. The number of carbonyl (C=O) groups excluding carboxylic acids is 6. The number of nitrogens with one attached hydrogen (secondary N) is 3. The zero-order chi connectivity index (χ0) is 51.5. The van der Waals surface area contributed by atoms with E-state index in [-0.39, 0.29) is 68.5 Å². The number of hydrogen-bond acceptors (Lipinski definition) is 11. The summed E-state index contributed by atoms with van der Waals surface area (Å²) in [7, 11) is 0. The van der Waals surface area contributed by atoms with Crippen molar-refractivity contribution in [1.82, 2.24) is 25.8 Å². The quantitative estimate of drug-likeness (QED) is 0.0699. The number of aryl methyl sites for hydroxylation is 3. The van der Waals surface area contributed by atoms with Crippen LogP contribution in [0.4, 0.5) is 5.69 Å². The molecule has 17 heteroatoms. The molecule has 4 heterocycles. The number of nitrogens with zero attached hydrogens (tertiary/aromatic N) is 3. The van der Waals surface area contributed by atoms with Crippen LogP contribution in [0.15, 0.2) is 72.2 Å². The third-order valence-corrected chi connectivity index (χ3v) is 16.0. The van der Waals surface area contributed by atoms with Crippen LogP contribution in [0.5, 0.6) is 0 Å². The van der Waals surface area contributed by atoms with Gasteiger partial charge < -0.3 is 42.2 Å². The number of carbonyl (C=O) groups is 6. The number of primary amides is 1. The summed E-state index contributed by atoms with van der Waals surface area (Å²) in [6, 6.07) is 18.0. The fraction of sp³-hybridized carbons (Fsp3) is 0.509. The molecule has 72 heavy (non-hydrogen) atoms. The molecule has 1 saturated carbocycles. The van der Waals surface area contributed by atoms with Crippen molar-refractivity contribution in [1.29, 1.82) is 0 Å². The van der Waals surface area contributed by atoms with Crippen LogP contribution >= 0.6 is 11.3 Å². The number of likely N-dealkylation sites (tertiary alicyclic amines) is 1. The largest absolute Gasteiger partial charge is 0.391 e. The number of nitrogens with two attached hydrogens (primary N) is 2. The van der Waals surface area contributed by atoms with Gasteiger partial charge in [0, 0.05) is 37.8 Å². The Morgan fingerprint density at radius 1 is 0.944 bits per heavy atom. The maximum atomic E-state index is 14.3. The predicted molar refractivity (Wildman–Crippen MR) is 275 cm³/mol. The van der Waals surface area contributed by atoms with Crippen molar-refractivity contribution in [3.8, 4) is 10.4 Å². The number of anilines is 1. The average Bonchev–Trinajstić information content (AvgIpc) is 3.65. The Labute approximate surface area is 426 Å². The molecule has 7 atom stereocenters. The maximum absolute atomic E-state index is 14.3. The van der Waals surface area contributed by atoms with E-state index in [2.05, 4.69) is 20.9 Å².